The van der Waals surface area contributed by atoms with E-state index in [0.29, 0.717) is 12.8 Å². The number of rotatable bonds is 20. The maximum Gasteiger partial charge on any atom is 0.332 e. The van der Waals surface area contributed by atoms with Crippen molar-refractivity contribution in [3.63, 3.8) is 0 Å². The van der Waals surface area contributed by atoms with Crippen molar-refractivity contribution >= 4 is 11.9 Å². The van der Waals surface area contributed by atoms with Crippen LogP contribution in [0.4, 0.5) is 0 Å². The van der Waals surface area contributed by atoms with E-state index in [1.54, 1.807) is 0 Å². The maximum absolute atomic E-state index is 10.3. The fourth-order valence-electron chi connectivity index (χ4n) is 3.18. The molecule has 5 heteroatoms. The summed E-state index contributed by atoms with van der Waals surface area (Å²) < 4.78 is 0. The molecule has 0 saturated heterocycles. The number of aliphatic hydroxyl groups excluding tert-OH is 1. The van der Waals surface area contributed by atoms with E-state index < -0.39 is 18.0 Å². The number of carbonyl (C=O) groups is 2. The average molecular weight is 417 g/mol. The number of aliphatic carboxylic acids is 2. The molecule has 0 radical (unpaired) electrons. The van der Waals surface area contributed by atoms with Crippen molar-refractivity contribution in [3.05, 3.63) is 0 Å². The lowest BCUT2D eigenvalue weighted by molar-refractivity contribution is -0.147. The molecule has 3 N–H and O–H groups in total. The summed E-state index contributed by atoms with van der Waals surface area (Å²) in [4.78, 5) is 20.5. The number of aliphatic hydroxyl groups is 1. The molecule has 29 heavy (non-hydrogen) atoms. The second-order valence-electron chi connectivity index (χ2n) is 8.09. The molecular formula is C24H48O5. The van der Waals surface area contributed by atoms with Gasteiger partial charge in [0.2, 0.25) is 0 Å². The highest BCUT2D eigenvalue weighted by Crippen LogP contribution is 2.11. The van der Waals surface area contributed by atoms with Crippen LogP contribution in [0.15, 0.2) is 0 Å². The van der Waals surface area contributed by atoms with E-state index in [1.165, 1.54) is 77.0 Å². The van der Waals surface area contributed by atoms with Gasteiger partial charge in [-0.15, -0.1) is 0 Å². The summed E-state index contributed by atoms with van der Waals surface area (Å²) in [6, 6.07) is 0. The third-order valence-electron chi connectivity index (χ3n) is 5.11. The minimum atomic E-state index is -1.16. The van der Waals surface area contributed by atoms with Crippen LogP contribution in [0.2, 0.25) is 0 Å². The molecule has 0 aromatic heterocycles. The zero-order chi connectivity index (χ0) is 22.2. The third-order valence-corrected chi connectivity index (χ3v) is 5.11. The first kappa shape index (κ1) is 30.1. The van der Waals surface area contributed by atoms with Crippen LogP contribution in [-0.4, -0.2) is 33.4 Å². The Labute approximate surface area is 179 Å². The van der Waals surface area contributed by atoms with E-state index in [-0.39, 0.29) is 0 Å². The van der Waals surface area contributed by atoms with Crippen molar-refractivity contribution in [2.75, 3.05) is 0 Å². The summed E-state index contributed by atoms with van der Waals surface area (Å²) in [7, 11) is 0. The Balaban J connectivity index is 0. The fraction of sp³-hybridized carbons (Fsp3) is 0.917. The highest BCUT2D eigenvalue weighted by molar-refractivity contribution is 5.71. The largest absolute Gasteiger partial charge is 0.481 e. The van der Waals surface area contributed by atoms with Gasteiger partial charge < -0.3 is 15.3 Å². The monoisotopic (exact) mass is 416 g/mol. The molecule has 0 aromatic carbocycles. The average Bonchev–Trinajstić information content (AvgIpc) is 2.68. The topological polar surface area (TPSA) is 94.8 Å². The highest BCUT2D eigenvalue weighted by atomic mass is 16.4. The van der Waals surface area contributed by atoms with Crippen LogP contribution in [0.5, 0.6) is 0 Å². The van der Waals surface area contributed by atoms with E-state index >= 15 is 0 Å². The molecule has 0 fully saturated rings. The number of carboxylic acid groups (broad SMARTS) is 2. The van der Waals surface area contributed by atoms with Crippen molar-refractivity contribution in [2.45, 2.75) is 142 Å². The highest BCUT2D eigenvalue weighted by Gasteiger charge is 2.11. The quantitative estimate of drug-likeness (QED) is 0.187. The predicted molar refractivity (Wildman–Crippen MR) is 120 cm³/mol. The molecular weight excluding hydrogens is 368 g/mol. The molecule has 0 aliphatic heterocycles. The minimum absolute atomic E-state index is 0.343. The standard InChI is InChI=1S/C12H24O3.C12H24O2/c1-2-3-4-5-6-7-8-9-10-11(13)12(14)15;1-2-3-4-5-6-7-8-9-10-11-12(13)14/h11,13H,2-10H2,1H3,(H,14,15);2-11H2,1H3,(H,13,14). The van der Waals surface area contributed by atoms with E-state index in [2.05, 4.69) is 13.8 Å². The molecule has 0 heterocycles. The van der Waals surface area contributed by atoms with Gasteiger partial charge in [-0.2, -0.15) is 0 Å². The van der Waals surface area contributed by atoms with Crippen molar-refractivity contribution in [3.8, 4) is 0 Å². The third kappa shape index (κ3) is 29.2. The second-order valence-corrected chi connectivity index (χ2v) is 8.09. The van der Waals surface area contributed by atoms with Crippen LogP contribution in [0, 0.1) is 0 Å². The van der Waals surface area contributed by atoms with E-state index in [4.69, 9.17) is 15.3 Å². The van der Waals surface area contributed by atoms with Gasteiger partial charge in [0.25, 0.3) is 0 Å². The second kappa shape index (κ2) is 24.9. The SMILES string of the molecule is CCCCCCCCCCC(O)C(=O)O.CCCCCCCCCCCC(=O)O. The number of hydrogen-bond donors (Lipinski definition) is 3. The lowest BCUT2D eigenvalue weighted by Gasteiger charge is -2.04. The smallest absolute Gasteiger partial charge is 0.332 e. The van der Waals surface area contributed by atoms with Gasteiger partial charge in [0, 0.05) is 6.42 Å². The van der Waals surface area contributed by atoms with Gasteiger partial charge >= 0.3 is 11.9 Å². The van der Waals surface area contributed by atoms with Gasteiger partial charge in [0.1, 0.15) is 0 Å². The predicted octanol–water partition coefficient (Wildman–Crippen LogP) is 6.95. The lowest BCUT2D eigenvalue weighted by Crippen LogP contribution is -2.18. The minimum Gasteiger partial charge on any atom is -0.481 e. The molecule has 0 rings (SSSR count). The summed E-state index contributed by atoms with van der Waals surface area (Å²) in [6.07, 6.45) is 20.2. The van der Waals surface area contributed by atoms with Crippen LogP contribution >= 0.6 is 0 Å². The molecule has 0 spiro atoms. The van der Waals surface area contributed by atoms with Crippen molar-refractivity contribution < 1.29 is 24.9 Å². The normalized spacial score (nSPS) is 11.6. The van der Waals surface area contributed by atoms with Crippen LogP contribution < -0.4 is 0 Å². The zero-order valence-corrected chi connectivity index (χ0v) is 19.2. The van der Waals surface area contributed by atoms with Gasteiger partial charge in [-0.1, -0.05) is 117 Å². The van der Waals surface area contributed by atoms with Crippen LogP contribution in [0.1, 0.15) is 136 Å². The Bertz CT molecular complexity index is 357. The summed E-state index contributed by atoms with van der Waals surface area (Å²) in [6.45, 7) is 4.43. The molecule has 0 saturated carbocycles. The Kier molecular flexibility index (Phi) is 25.9. The molecule has 0 amide bonds. The molecule has 5 nitrogen and oxygen atoms in total. The van der Waals surface area contributed by atoms with Crippen molar-refractivity contribution in [1.82, 2.24) is 0 Å². The first-order chi connectivity index (χ1) is 14.0. The summed E-state index contributed by atoms with van der Waals surface area (Å²) in [5, 5.41) is 25.8. The first-order valence-corrected chi connectivity index (χ1v) is 12.1. The summed E-state index contributed by atoms with van der Waals surface area (Å²) in [5.74, 6) is -1.76. The van der Waals surface area contributed by atoms with E-state index in [1.807, 2.05) is 0 Å². The van der Waals surface area contributed by atoms with Crippen LogP contribution in [0.25, 0.3) is 0 Å². The van der Waals surface area contributed by atoms with Crippen LogP contribution in [0.3, 0.4) is 0 Å². The molecule has 0 bridgehead atoms. The zero-order valence-electron chi connectivity index (χ0n) is 19.2. The molecule has 0 aliphatic rings. The van der Waals surface area contributed by atoms with Crippen molar-refractivity contribution in [1.29, 1.82) is 0 Å². The lowest BCUT2D eigenvalue weighted by atomic mass is 10.1. The molecule has 1 atom stereocenters. The number of unbranched alkanes of at least 4 members (excludes halogenated alkanes) is 15. The van der Waals surface area contributed by atoms with E-state index in [0.717, 1.165) is 32.1 Å². The van der Waals surface area contributed by atoms with Gasteiger partial charge in [-0.05, 0) is 12.8 Å². The Morgan fingerprint density at radius 1 is 0.586 bits per heavy atom. The van der Waals surface area contributed by atoms with E-state index in [9.17, 15) is 9.59 Å². The first-order valence-electron chi connectivity index (χ1n) is 12.1. The molecule has 0 aromatic rings. The maximum atomic E-state index is 10.3. The Morgan fingerprint density at radius 2 is 0.931 bits per heavy atom. The van der Waals surface area contributed by atoms with Crippen molar-refractivity contribution in [2.24, 2.45) is 0 Å². The fourth-order valence-corrected chi connectivity index (χ4v) is 3.18. The van der Waals surface area contributed by atoms with Gasteiger partial charge in [0.05, 0.1) is 0 Å². The van der Waals surface area contributed by atoms with Gasteiger partial charge in [-0.25, -0.2) is 4.79 Å². The summed E-state index contributed by atoms with van der Waals surface area (Å²) in [5.41, 5.74) is 0. The van der Waals surface area contributed by atoms with Gasteiger partial charge in [0.15, 0.2) is 6.10 Å². The van der Waals surface area contributed by atoms with Crippen LogP contribution in [-0.2, 0) is 9.59 Å². The van der Waals surface area contributed by atoms with Gasteiger partial charge in [-0.3, -0.25) is 4.79 Å². The molecule has 1 unspecified atom stereocenters. The number of hydrogen-bond acceptors (Lipinski definition) is 3. The Hall–Kier alpha value is -1.10. The molecule has 174 valence electrons. The Morgan fingerprint density at radius 3 is 1.28 bits per heavy atom. The molecule has 0 aliphatic carbocycles. The summed E-state index contributed by atoms with van der Waals surface area (Å²) >= 11 is 0. The number of carboxylic acids is 2.